The van der Waals surface area contributed by atoms with Gasteiger partial charge in [0.1, 0.15) is 5.82 Å². The zero-order chi connectivity index (χ0) is 15.4. The number of anilines is 1. The van der Waals surface area contributed by atoms with Crippen LogP contribution in [0.4, 0.5) is 5.82 Å². The van der Waals surface area contributed by atoms with Crippen LogP contribution in [0.3, 0.4) is 0 Å². The van der Waals surface area contributed by atoms with Crippen molar-refractivity contribution in [3.8, 4) is 0 Å². The van der Waals surface area contributed by atoms with Gasteiger partial charge in [-0.3, -0.25) is 9.69 Å². The van der Waals surface area contributed by atoms with E-state index in [0.29, 0.717) is 25.2 Å². The van der Waals surface area contributed by atoms with Crippen molar-refractivity contribution in [2.45, 2.75) is 13.0 Å². The van der Waals surface area contributed by atoms with Gasteiger partial charge in [0.15, 0.2) is 0 Å². The molecule has 1 aromatic heterocycles. The molecular formula is C15H24N4O2. The Bertz CT molecular complexity index is 482. The number of aliphatic hydroxyl groups excluding tert-OH is 1. The first-order chi connectivity index (χ1) is 9.97. The third-order valence-corrected chi connectivity index (χ3v) is 3.63. The summed E-state index contributed by atoms with van der Waals surface area (Å²) < 4.78 is 0. The fourth-order valence-corrected chi connectivity index (χ4v) is 2.49. The minimum Gasteiger partial charge on any atom is -0.392 e. The average Bonchev–Trinajstić information content (AvgIpc) is 2.47. The van der Waals surface area contributed by atoms with Gasteiger partial charge in [0.05, 0.1) is 6.10 Å². The van der Waals surface area contributed by atoms with Crippen LogP contribution in [0.15, 0.2) is 18.3 Å². The van der Waals surface area contributed by atoms with E-state index < -0.39 is 0 Å². The van der Waals surface area contributed by atoms with Crippen LogP contribution < -0.4 is 4.90 Å². The summed E-state index contributed by atoms with van der Waals surface area (Å²) >= 11 is 0. The smallest absolute Gasteiger partial charge is 0.254 e. The van der Waals surface area contributed by atoms with Crippen LogP contribution in [0.5, 0.6) is 0 Å². The van der Waals surface area contributed by atoms with Crippen LogP contribution in [0.2, 0.25) is 0 Å². The average molecular weight is 292 g/mol. The van der Waals surface area contributed by atoms with Crippen LogP contribution in [-0.4, -0.2) is 78.7 Å². The molecule has 21 heavy (non-hydrogen) atoms. The van der Waals surface area contributed by atoms with E-state index in [9.17, 15) is 9.90 Å². The maximum atomic E-state index is 12.5. The Balaban J connectivity index is 1.97. The molecule has 0 radical (unpaired) electrons. The normalized spacial score (nSPS) is 17.6. The molecule has 1 atom stereocenters. The van der Waals surface area contributed by atoms with Crippen LogP contribution in [0, 0.1) is 0 Å². The highest BCUT2D eigenvalue weighted by Gasteiger charge is 2.23. The zero-order valence-corrected chi connectivity index (χ0v) is 13.0. The molecule has 1 N–H and O–H groups in total. The predicted molar refractivity (Wildman–Crippen MR) is 82.6 cm³/mol. The molecule has 0 spiro atoms. The highest BCUT2D eigenvalue weighted by molar-refractivity contribution is 5.94. The number of hydrogen-bond donors (Lipinski definition) is 1. The van der Waals surface area contributed by atoms with E-state index in [-0.39, 0.29) is 12.0 Å². The van der Waals surface area contributed by atoms with Gasteiger partial charge in [-0.2, -0.15) is 0 Å². The number of rotatable bonds is 4. The number of carbonyl (C=O) groups excluding carboxylic acids is 1. The third-order valence-electron chi connectivity index (χ3n) is 3.63. The molecule has 2 heterocycles. The quantitative estimate of drug-likeness (QED) is 0.864. The molecule has 0 aromatic carbocycles. The highest BCUT2D eigenvalue weighted by atomic mass is 16.3. The number of piperazine rings is 1. The van der Waals surface area contributed by atoms with Gasteiger partial charge in [0.2, 0.25) is 0 Å². The van der Waals surface area contributed by atoms with Crippen molar-refractivity contribution in [1.29, 1.82) is 0 Å². The Labute approximate surface area is 126 Å². The van der Waals surface area contributed by atoms with E-state index in [0.717, 1.165) is 18.9 Å². The number of hydrogen-bond acceptors (Lipinski definition) is 5. The van der Waals surface area contributed by atoms with E-state index in [4.69, 9.17) is 0 Å². The van der Waals surface area contributed by atoms with Gasteiger partial charge in [-0.1, -0.05) is 0 Å². The molecule has 1 aliphatic rings. The Kier molecular flexibility index (Phi) is 5.14. The molecule has 1 amide bonds. The topological polar surface area (TPSA) is 59.9 Å². The van der Waals surface area contributed by atoms with Gasteiger partial charge in [0, 0.05) is 58.6 Å². The van der Waals surface area contributed by atoms with Gasteiger partial charge >= 0.3 is 0 Å². The van der Waals surface area contributed by atoms with Crippen molar-refractivity contribution in [2.75, 3.05) is 51.7 Å². The minimum atomic E-state index is -0.324. The van der Waals surface area contributed by atoms with Crippen LogP contribution in [0.1, 0.15) is 17.3 Å². The predicted octanol–water partition coefficient (Wildman–Crippen LogP) is 0.286. The molecule has 116 valence electrons. The third kappa shape index (κ3) is 4.15. The molecule has 2 rings (SSSR count). The van der Waals surface area contributed by atoms with Crippen LogP contribution in [-0.2, 0) is 0 Å². The first-order valence-electron chi connectivity index (χ1n) is 7.30. The lowest BCUT2D eigenvalue weighted by atomic mass is 10.2. The molecule has 0 saturated carbocycles. The number of amides is 1. The van der Waals surface area contributed by atoms with Crippen LogP contribution in [0.25, 0.3) is 0 Å². The molecule has 0 bridgehead atoms. The summed E-state index contributed by atoms with van der Waals surface area (Å²) in [6.45, 7) is 5.47. The number of carbonyl (C=O) groups is 1. The van der Waals surface area contributed by atoms with E-state index in [1.165, 1.54) is 0 Å². The molecular weight excluding hydrogens is 268 g/mol. The second-order valence-corrected chi connectivity index (χ2v) is 5.74. The maximum Gasteiger partial charge on any atom is 0.254 e. The second kappa shape index (κ2) is 6.87. The van der Waals surface area contributed by atoms with Crippen molar-refractivity contribution in [3.05, 3.63) is 23.9 Å². The monoisotopic (exact) mass is 292 g/mol. The van der Waals surface area contributed by atoms with Crippen molar-refractivity contribution in [2.24, 2.45) is 0 Å². The molecule has 6 nitrogen and oxygen atoms in total. The fourth-order valence-electron chi connectivity index (χ4n) is 2.49. The molecule has 0 aliphatic carbocycles. The Morgan fingerprint density at radius 3 is 2.62 bits per heavy atom. The van der Waals surface area contributed by atoms with Crippen molar-refractivity contribution >= 4 is 11.7 Å². The summed E-state index contributed by atoms with van der Waals surface area (Å²) in [6, 6.07) is 3.59. The van der Waals surface area contributed by atoms with Crippen molar-refractivity contribution in [3.63, 3.8) is 0 Å². The Hall–Kier alpha value is -1.66. The summed E-state index contributed by atoms with van der Waals surface area (Å²) in [4.78, 5) is 22.7. The summed E-state index contributed by atoms with van der Waals surface area (Å²) in [6.07, 6.45) is 1.35. The van der Waals surface area contributed by atoms with E-state index in [1.807, 2.05) is 30.0 Å². The van der Waals surface area contributed by atoms with Gasteiger partial charge in [-0.15, -0.1) is 0 Å². The lowest BCUT2D eigenvalue weighted by molar-refractivity contribution is 0.0554. The first-order valence-corrected chi connectivity index (χ1v) is 7.30. The fraction of sp³-hybridized carbons (Fsp3) is 0.600. The summed E-state index contributed by atoms with van der Waals surface area (Å²) in [5, 5.41) is 9.41. The van der Waals surface area contributed by atoms with Gasteiger partial charge in [0.25, 0.3) is 5.91 Å². The maximum absolute atomic E-state index is 12.5. The van der Waals surface area contributed by atoms with E-state index >= 15 is 0 Å². The van der Waals surface area contributed by atoms with E-state index in [1.54, 1.807) is 19.2 Å². The van der Waals surface area contributed by atoms with Gasteiger partial charge in [-0.05, 0) is 19.1 Å². The number of aromatic nitrogens is 1. The van der Waals surface area contributed by atoms with Crippen LogP contribution >= 0.6 is 0 Å². The molecule has 6 heteroatoms. The minimum absolute atomic E-state index is 0.0530. The lowest BCUT2D eigenvalue weighted by Gasteiger charge is -2.35. The standard InChI is InChI=1S/C15H24N4O2/c1-12(20)11-18-6-8-19(9-7-18)15(21)13-4-5-16-14(10-13)17(2)3/h4-5,10,12,20H,6-9,11H2,1-3H3/t12-/m1/s1. The molecule has 0 unspecified atom stereocenters. The molecule has 1 fully saturated rings. The first kappa shape index (κ1) is 15.7. The summed E-state index contributed by atoms with van der Waals surface area (Å²) in [5.41, 5.74) is 0.678. The second-order valence-electron chi connectivity index (χ2n) is 5.74. The van der Waals surface area contributed by atoms with Crippen molar-refractivity contribution in [1.82, 2.24) is 14.8 Å². The molecule has 1 aliphatic heterocycles. The number of β-amino-alcohol motifs (C(OH)–C–C–N with tert-alkyl or cyclic N) is 1. The number of aliphatic hydroxyl groups is 1. The SMILES string of the molecule is C[C@@H](O)CN1CCN(C(=O)c2ccnc(N(C)C)c2)CC1. The number of pyridine rings is 1. The van der Waals surface area contributed by atoms with Gasteiger partial charge < -0.3 is 14.9 Å². The highest BCUT2D eigenvalue weighted by Crippen LogP contribution is 2.13. The Morgan fingerprint density at radius 1 is 1.38 bits per heavy atom. The molecule has 1 saturated heterocycles. The largest absolute Gasteiger partial charge is 0.392 e. The Morgan fingerprint density at radius 2 is 2.05 bits per heavy atom. The summed E-state index contributed by atoms with van der Waals surface area (Å²) in [7, 11) is 3.82. The lowest BCUT2D eigenvalue weighted by Crippen LogP contribution is -2.50. The van der Waals surface area contributed by atoms with Crippen molar-refractivity contribution < 1.29 is 9.90 Å². The summed E-state index contributed by atoms with van der Waals surface area (Å²) in [5.74, 6) is 0.839. The zero-order valence-electron chi connectivity index (χ0n) is 13.0. The number of nitrogens with zero attached hydrogens (tertiary/aromatic N) is 4. The van der Waals surface area contributed by atoms with Gasteiger partial charge in [-0.25, -0.2) is 4.98 Å². The molecule has 1 aromatic rings. The van der Waals surface area contributed by atoms with E-state index in [2.05, 4.69) is 9.88 Å².